The van der Waals surface area contributed by atoms with Gasteiger partial charge in [-0.3, -0.25) is 4.98 Å². The number of alkyl carbamates (subject to hydrolysis) is 1. The van der Waals surface area contributed by atoms with Gasteiger partial charge in [0.15, 0.2) is 0 Å². The molecule has 1 aromatic carbocycles. The van der Waals surface area contributed by atoms with Crippen molar-refractivity contribution in [3.05, 3.63) is 42.6 Å². The van der Waals surface area contributed by atoms with Crippen LogP contribution in [0.5, 0.6) is 0 Å². The Morgan fingerprint density at radius 1 is 1.17 bits per heavy atom. The predicted molar refractivity (Wildman–Crippen MR) is 97.0 cm³/mol. The van der Waals surface area contributed by atoms with E-state index in [9.17, 15) is 4.79 Å². The molecule has 5 nitrogen and oxygen atoms in total. The average Bonchev–Trinajstić information content (AvgIpc) is 2.55. The molecule has 2 aromatic rings. The fourth-order valence-corrected chi connectivity index (χ4v) is 2.46. The third-order valence-corrected chi connectivity index (χ3v) is 3.57. The van der Waals surface area contributed by atoms with Gasteiger partial charge in [0, 0.05) is 17.6 Å². The first-order valence-electron chi connectivity index (χ1n) is 8.44. The van der Waals surface area contributed by atoms with E-state index in [1.807, 2.05) is 51.2 Å². The Morgan fingerprint density at radius 3 is 2.50 bits per heavy atom. The summed E-state index contributed by atoms with van der Waals surface area (Å²) in [4.78, 5) is 15.6. The number of nitrogens with one attached hydrogen (secondary N) is 2. The van der Waals surface area contributed by atoms with E-state index < -0.39 is 5.60 Å². The van der Waals surface area contributed by atoms with Gasteiger partial charge in [-0.2, -0.15) is 0 Å². The van der Waals surface area contributed by atoms with Gasteiger partial charge in [0.25, 0.3) is 0 Å². The van der Waals surface area contributed by atoms with Crippen LogP contribution in [0.1, 0.15) is 33.6 Å². The van der Waals surface area contributed by atoms with Gasteiger partial charge in [0.05, 0.1) is 5.52 Å². The van der Waals surface area contributed by atoms with Crippen LogP contribution < -0.4 is 10.6 Å². The third kappa shape index (κ3) is 6.54. The zero-order chi connectivity index (χ0) is 17.4. The number of para-hydroxylation sites is 1. The number of nitrogens with zero attached hydrogens (tertiary/aromatic N) is 1. The molecule has 0 aliphatic carbocycles. The summed E-state index contributed by atoms with van der Waals surface area (Å²) in [7, 11) is 0. The number of aromatic nitrogens is 1. The van der Waals surface area contributed by atoms with Crippen LogP contribution >= 0.6 is 0 Å². The molecule has 5 heteroatoms. The first-order chi connectivity index (χ1) is 11.4. The van der Waals surface area contributed by atoms with Crippen molar-refractivity contribution in [2.75, 3.05) is 13.1 Å². The normalized spacial score (nSPS) is 15.3. The van der Waals surface area contributed by atoms with Gasteiger partial charge in [-0.15, -0.1) is 0 Å². The first-order valence-corrected chi connectivity index (χ1v) is 8.44. The Labute approximate surface area is 143 Å². The number of ether oxygens (including phenoxy) is 1. The number of hydrogen-bond acceptors (Lipinski definition) is 4. The number of pyridine rings is 1. The predicted octanol–water partition coefficient (Wildman–Crippen LogP) is 3.50. The molecule has 0 saturated carbocycles. The quantitative estimate of drug-likeness (QED) is 0.840. The average molecular weight is 329 g/mol. The van der Waals surface area contributed by atoms with Crippen molar-refractivity contribution in [3.8, 4) is 0 Å². The van der Waals surface area contributed by atoms with Crippen molar-refractivity contribution >= 4 is 17.0 Å². The van der Waals surface area contributed by atoms with E-state index in [0.717, 1.165) is 31.4 Å². The molecule has 24 heavy (non-hydrogen) atoms. The van der Waals surface area contributed by atoms with Gasteiger partial charge in [-0.25, -0.2) is 4.79 Å². The molecule has 0 unspecified atom stereocenters. The molecule has 1 aliphatic heterocycles. The van der Waals surface area contributed by atoms with Crippen molar-refractivity contribution in [1.29, 1.82) is 0 Å². The van der Waals surface area contributed by atoms with Crippen LogP contribution in [0.2, 0.25) is 0 Å². The number of carbonyl (C=O) groups excluding carboxylic acids is 1. The van der Waals surface area contributed by atoms with E-state index in [2.05, 4.69) is 27.8 Å². The maximum atomic E-state index is 11.4. The Hall–Kier alpha value is -2.14. The van der Waals surface area contributed by atoms with Crippen molar-refractivity contribution in [3.63, 3.8) is 0 Å². The van der Waals surface area contributed by atoms with E-state index in [-0.39, 0.29) is 12.1 Å². The second kappa shape index (κ2) is 8.64. The Kier molecular flexibility index (Phi) is 6.55. The lowest BCUT2D eigenvalue weighted by molar-refractivity contribution is 0.0495. The summed E-state index contributed by atoms with van der Waals surface area (Å²) < 4.78 is 5.17. The lowest BCUT2D eigenvalue weighted by Crippen LogP contribution is -2.44. The van der Waals surface area contributed by atoms with Gasteiger partial charge in [-0.05, 0) is 58.8 Å². The summed E-state index contributed by atoms with van der Waals surface area (Å²) in [5.74, 6) is 0. The van der Waals surface area contributed by atoms with Gasteiger partial charge in [0.2, 0.25) is 0 Å². The summed E-state index contributed by atoms with van der Waals surface area (Å²) in [5, 5.41) is 7.32. The van der Waals surface area contributed by atoms with E-state index in [4.69, 9.17) is 4.74 Å². The lowest BCUT2D eigenvalue weighted by Gasteiger charge is -2.26. The molecule has 1 aliphatic rings. The molecule has 1 saturated heterocycles. The molecule has 3 rings (SSSR count). The fourth-order valence-electron chi connectivity index (χ4n) is 2.46. The zero-order valence-corrected chi connectivity index (χ0v) is 14.7. The molecule has 0 spiro atoms. The highest BCUT2D eigenvalue weighted by atomic mass is 16.6. The van der Waals surface area contributed by atoms with E-state index in [1.165, 1.54) is 5.39 Å². The van der Waals surface area contributed by atoms with Gasteiger partial charge in [0.1, 0.15) is 5.60 Å². The van der Waals surface area contributed by atoms with Crippen LogP contribution in [0.15, 0.2) is 42.6 Å². The molecule has 2 heterocycles. The summed E-state index contributed by atoms with van der Waals surface area (Å²) in [5.41, 5.74) is 0.654. The molecular formula is C19H27N3O2. The van der Waals surface area contributed by atoms with Crippen LogP contribution in [0, 0.1) is 0 Å². The number of hydrogen-bond donors (Lipinski definition) is 2. The van der Waals surface area contributed by atoms with E-state index in [0.29, 0.717) is 0 Å². The number of amides is 1. The molecule has 0 atom stereocenters. The molecule has 2 N–H and O–H groups in total. The van der Waals surface area contributed by atoms with Crippen molar-refractivity contribution < 1.29 is 9.53 Å². The van der Waals surface area contributed by atoms with Gasteiger partial charge >= 0.3 is 6.09 Å². The Bertz CT molecular complexity index is 581. The molecule has 1 fully saturated rings. The smallest absolute Gasteiger partial charge is 0.407 e. The molecule has 1 aromatic heterocycles. The molecule has 0 radical (unpaired) electrons. The number of carbonyl (C=O) groups is 1. The molecular weight excluding hydrogens is 302 g/mol. The topological polar surface area (TPSA) is 63.2 Å². The fraction of sp³-hybridized carbons (Fsp3) is 0.474. The summed E-state index contributed by atoms with van der Waals surface area (Å²) in [6.07, 6.45) is 3.48. The summed E-state index contributed by atoms with van der Waals surface area (Å²) in [6.45, 7) is 7.56. The third-order valence-electron chi connectivity index (χ3n) is 3.57. The van der Waals surface area contributed by atoms with Crippen LogP contribution in [0.4, 0.5) is 4.79 Å². The van der Waals surface area contributed by atoms with Crippen molar-refractivity contribution in [1.82, 2.24) is 15.6 Å². The van der Waals surface area contributed by atoms with Crippen LogP contribution in [-0.2, 0) is 4.74 Å². The number of benzene rings is 1. The Morgan fingerprint density at radius 2 is 1.83 bits per heavy atom. The van der Waals surface area contributed by atoms with Crippen LogP contribution in [-0.4, -0.2) is 35.8 Å². The van der Waals surface area contributed by atoms with Gasteiger partial charge < -0.3 is 15.4 Å². The van der Waals surface area contributed by atoms with E-state index >= 15 is 0 Å². The minimum absolute atomic E-state index is 0.270. The van der Waals surface area contributed by atoms with Crippen molar-refractivity contribution in [2.24, 2.45) is 0 Å². The number of fused-ring (bicyclic) bond motifs is 1. The number of piperidine rings is 1. The first kappa shape index (κ1) is 18.2. The minimum Gasteiger partial charge on any atom is -0.444 e. The molecule has 1 amide bonds. The summed E-state index contributed by atoms with van der Waals surface area (Å²) >= 11 is 0. The second-order valence-electron chi connectivity index (χ2n) is 6.87. The maximum Gasteiger partial charge on any atom is 0.407 e. The maximum absolute atomic E-state index is 11.4. The largest absolute Gasteiger partial charge is 0.444 e. The van der Waals surface area contributed by atoms with Gasteiger partial charge in [-0.1, -0.05) is 24.3 Å². The standard InChI is InChI=1S/C10H20N2O2.C9H7N/c1-10(2,3)14-9(13)12-8-4-6-11-7-5-8;1-2-6-9-8(4-1)5-3-7-10-9/h8,11H,4-7H2,1-3H3,(H,12,13);1-7H. The second-order valence-corrected chi connectivity index (χ2v) is 6.87. The van der Waals surface area contributed by atoms with Crippen LogP contribution in [0.25, 0.3) is 10.9 Å². The monoisotopic (exact) mass is 329 g/mol. The highest BCUT2D eigenvalue weighted by Gasteiger charge is 2.20. The van der Waals surface area contributed by atoms with Crippen LogP contribution in [0.3, 0.4) is 0 Å². The minimum atomic E-state index is -0.406. The molecule has 0 bridgehead atoms. The molecule has 130 valence electrons. The summed E-state index contributed by atoms with van der Waals surface area (Å²) in [6, 6.07) is 12.4. The SMILES string of the molecule is CC(C)(C)OC(=O)NC1CCNCC1.c1ccc2ncccc2c1. The lowest BCUT2D eigenvalue weighted by atomic mass is 10.1. The zero-order valence-electron chi connectivity index (χ0n) is 14.7. The Balaban J connectivity index is 0.000000182. The number of rotatable bonds is 1. The highest BCUT2D eigenvalue weighted by Crippen LogP contribution is 2.09. The van der Waals surface area contributed by atoms with E-state index in [1.54, 1.807) is 0 Å². The van der Waals surface area contributed by atoms with Crippen molar-refractivity contribution in [2.45, 2.75) is 45.3 Å². The highest BCUT2D eigenvalue weighted by molar-refractivity contribution is 5.77.